The van der Waals surface area contributed by atoms with Crippen molar-refractivity contribution < 1.29 is 4.42 Å². The second-order valence-corrected chi connectivity index (χ2v) is 4.45. The van der Waals surface area contributed by atoms with Gasteiger partial charge >= 0.3 is 5.76 Å². The van der Waals surface area contributed by atoms with Crippen LogP contribution in [-0.2, 0) is 6.54 Å². The summed E-state index contributed by atoms with van der Waals surface area (Å²) in [6.45, 7) is 2.36. The molecule has 6 heteroatoms. The van der Waals surface area contributed by atoms with Gasteiger partial charge in [-0.1, -0.05) is 13.0 Å². The summed E-state index contributed by atoms with van der Waals surface area (Å²) in [5.74, 6) is -0.0874. The van der Waals surface area contributed by atoms with Gasteiger partial charge in [0.25, 0.3) is 5.89 Å². The maximum atomic E-state index is 11.5. The number of hydrogen-bond acceptors (Lipinski definition) is 5. The van der Waals surface area contributed by atoms with Crippen molar-refractivity contribution in [3.63, 3.8) is 0 Å². The first-order chi connectivity index (χ1) is 7.70. The Morgan fingerprint density at radius 3 is 3.12 bits per heavy atom. The van der Waals surface area contributed by atoms with E-state index >= 15 is 0 Å². The van der Waals surface area contributed by atoms with Gasteiger partial charge in [0.05, 0.1) is 11.4 Å². The van der Waals surface area contributed by atoms with Crippen molar-refractivity contribution in [2.75, 3.05) is 0 Å². The lowest BCUT2D eigenvalue weighted by Gasteiger charge is -2.05. The molecule has 2 rings (SSSR count). The lowest BCUT2D eigenvalue weighted by molar-refractivity contribution is 0.444. The Kier molecular flexibility index (Phi) is 3.21. The number of thiophene rings is 1. The number of rotatable bonds is 4. The van der Waals surface area contributed by atoms with Crippen LogP contribution in [0.1, 0.15) is 13.3 Å². The van der Waals surface area contributed by atoms with E-state index in [0.29, 0.717) is 12.4 Å². The molecule has 0 saturated carbocycles. The molecule has 0 radical (unpaired) electrons. The van der Waals surface area contributed by atoms with Crippen molar-refractivity contribution in [3.05, 3.63) is 28.1 Å². The van der Waals surface area contributed by atoms with E-state index in [4.69, 9.17) is 10.2 Å². The van der Waals surface area contributed by atoms with Gasteiger partial charge in [-0.25, -0.2) is 4.79 Å². The SMILES string of the molecule is CC[C@H](N)Cn1nc(-c2cccs2)oc1=O. The summed E-state index contributed by atoms with van der Waals surface area (Å²) >= 11 is 1.48. The maximum absolute atomic E-state index is 11.5. The molecule has 0 unspecified atom stereocenters. The maximum Gasteiger partial charge on any atom is 0.437 e. The second-order valence-electron chi connectivity index (χ2n) is 3.50. The van der Waals surface area contributed by atoms with Gasteiger partial charge in [0.2, 0.25) is 0 Å². The molecule has 0 saturated heterocycles. The predicted octanol–water partition coefficient (Wildman–Crippen LogP) is 1.30. The van der Waals surface area contributed by atoms with Crippen molar-refractivity contribution in [2.24, 2.45) is 5.73 Å². The van der Waals surface area contributed by atoms with Crippen molar-refractivity contribution in [1.82, 2.24) is 9.78 Å². The highest BCUT2D eigenvalue weighted by Crippen LogP contribution is 2.20. The van der Waals surface area contributed by atoms with Crippen LogP contribution in [0.2, 0.25) is 0 Å². The average Bonchev–Trinajstić information content (AvgIpc) is 2.88. The van der Waals surface area contributed by atoms with Crippen molar-refractivity contribution >= 4 is 11.3 Å². The van der Waals surface area contributed by atoms with Crippen molar-refractivity contribution in [1.29, 1.82) is 0 Å². The van der Waals surface area contributed by atoms with Gasteiger partial charge in [0, 0.05) is 6.04 Å². The van der Waals surface area contributed by atoms with Gasteiger partial charge in [-0.3, -0.25) is 0 Å². The summed E-state index contributed by atoms with van der Waals surface area (Å²) < 4.78 is 6.34. The fraction of sp³-hybridized carbons (Fsp3) is 0.400. The fourth-order valence-electron chi connectivity index (χ4n) is 1.27. The van der Waals surface area contributed by atoms with Gasteiger partial charge in [-0.15, -0.1) is 16.4 Å². The molecule has 5 nitrogen and oxygen atoms in total. The number of nitrogens with two attached hydrogens (primary N) is 1. The largest absolute Gasteiger partial charge is 0.437 e. The van der Waals surface area contributed by atoms with E-state index in [2.05, 4.69) is 5.10 Å². The van der Waals surface area contributed by atoms with E-state index in [-0.39, 0.29) is 6.04 Å². The Bertz CT molecular complexity index is 500. The van der Waals surface area contributed by atoms with Crippen LogP contribution in [0.5, 0.6) is 0 Å². The van der Waals surface area contributed by atoms with Crippen molar-refractivity contribution in [2.45, 2.75) is 25.9 Å². The molecule has 1 atom stereocenters. The summed E-state index contributed by atoms with van der Waals surface area (Å²) in [5, 5.41) is 6.02. The van der Waals surface area contributed by atoms with Gasteiger partial charge in [0.1, 0.15) is 0 Å². The Balaban J connectivity index is 2.26. The van der Waals surface area contributed by atoms with Gasteiger partial charge in [-0.05, 0) is 17.9 Å². The van der Waals surface area contributed by atoms with Crippen LogP contribution in [0.3, 0.4) is 0 Å². The fourth-order valence-corrected chi connectivity index (χ4v) is 1.92. The van der Waals surface area contributed by atoms with Crippen LogP contribution in [0.4, 0.5) is 0 Å². The minimum absolute atomic E-state index is 0.0704. The lowest BCUT2D eigenvalue weighted by atomic mass is 10.2. The molecule has 0 amide bonds. The summed E-state index contributed by atoms with van der Waals surface area (Å²) in [5.41, 5.74) is 5.76. The average molecular weight is 239 g/mol. The Hall–Kier alpha value is -1.40. The first-order valence-electron chi connectivity index (χ1n) is 5.08. The second kappa shape index (κ2) is 4.63. The van der Waals surface area contributed by atoms with E-state index in [9.17, 15) is 4.79 Å². The summed E-state index contributed by atoms with van der Waals surface area (Å²) in [4.78, 5) is 12.3. The minimum atomic E-state index is -0.452. The van der Waals surface area contributed by atoms with Crippen molar-refractivity contribution in [3.8, 4) is 10.8 Å². The van der Waals surface area contributed by atoms with E-state index < -0.39 is 5.76 Å². The minimum Gasteiger partial charge on any atom is -0.387 e. The summed E-state index contributed by atoms with van der Waals surface area (Å²) in [7, 11) is 0. The smallest absolute Gasteiger partial charge is 0.387 e. The van der Waals surface area contributed by atoms with Gasteiger partial charge in [0.15, 0.2) is 0 Å². The molecule has 2 aromatic rings. The first-order valence-corrected chi connectivity index (χ1v) is 5.96. The molecule has 2 heterocycles. The van der Waals surface area contributed by atoms with Crippen LogP contribution in [-0.4, -0.2) is 15.8 Å². The van der Waals surface area contributed by atoms with Crippen LogP contribution in [0, 0.1) is 0 Å². The molecule has 86 valence electrons. The Labute approximate surface area is 96.5 Å². The predicted molar refractivity (Wildman–Crippen MR) is 62.3 cm³/mol. The van der Waals surface area contributed by atoms with Gasteiger partial charge < -0.3 is 10.2 Å². The quantitative estimate of drug-likeness (QED) is 0.872. The Morgan fingerprint density at radius 2 is 2.50 bits per heavy atom. The zero-order chi connectivity index (χ0) is 11.5. The third kappa shape index (κ3) is 2.23. The molecule has 0 fully saturated rings. The van der Waals surface area contributed by atoms with Crippen LogP contribution >= 0.6 is 11.3 Å². The summed E-state index contributed by atoms with van der Waals surface area (Å²) in [6.07, 6.45) is 0.799. The highest BCUT2D eigenvalue weighted by molar-refractivity contribution is 7.13. The summed E-state index contributed by atoms with van der Waals surface area (Å²) in [6, 6.07) is 3.68. The van der Waals surface area contributed by atoms with E-state index in [1.54, 1.807) is 0 Å². The molecule has 0 aliphatic carbocycles. The molecule has 0 spiro atoms. The molecule has 2 N–H and O–H groups in total. The molecule has 0 aromatic carbocycles. The van der Waals surface area contributed by atoms with E-state index in [0.717, 1.165) is 11.3 Å². The monoisotopic (exact) mass is 239 g/mol. The van der Waals surface area contributed by atoms with E-state index in [1.807, 2.05) is 24.4 Å². The third-order valence-corrected chi connectivity index (χ3v) is 3.13. The molecule has 2 aromatic heterocycles. The molecule has 0 aliphatic rings. The highest BCUT2D eigenvalue weighted by atomic mass is 32.1. The van der Waals surface area contributed by atoms with Crippen LogP contribution in [0.15, 0.2) is 26.7 Å². The molecule has 0 aliphatic heterocycles. The first kappa shape index (κ1) is 11.1. The normalized spacial score (nSPS) is 12.9. The van der Waals surface area contributed by atoms with Gasteiger partial charge in [-0.2, -0.15) is 4.68 Å². The molecule has 0 bridgehead atoms. The topological polar surface area (TPSA) is 74.1 Å². The number of nitrogens with zero attached hydrogens (tertiary/aromatic N) is 2. The third-order valence-electron chi connectivity index (χ3n) is 2.27. The zero-order valence-corrected chi connectivity index (χ0v) is 9.74. The zero-order valence-electron chi connectivity index (χ0n) is 8.92. The van der Waals surface area contributed by atoms with E-state index in [1.165, 1.54) is 16.0 Å². The molecular formula is C10H13N3O2S. The van der Waals surface area contributed by atoms with Crippen LogP contribution in [0.25, 0.3) is 10.8 Å². The molecular weight excluding hydrogens is 226 g/mol. The standard InChI is InChI=1S/C10H13N3O2S/c1-2-7(11)6-13-10(14)15-9(12-13)8-4-3-5-16-8/h3-5,7H,2,6,11H2,1H3/t7-/m0/s1. The van der Waals surface area contributed by atoms with Crippen LogP contribution < -0.4 is 11.5 Å². The highest BCUT2D eigenvalue weighted by Gasteiger charge is 2.12. The lowest BCUT2D eigenvalue weighted by Crippen LogP contribution is -2.30. The number of hydrogen-bond donors (Lipinski definition) is 1. The Morgan fingerprint density at radius 1 is 1.69 bits per heavy atom. The molecule has 16 heavy (non-hydrogen) atoms. The number of aromatic nitrogens is 2.